The molecule has 0 radical (unpaired) electrons. The number of halogens is 1. The largest absolute Gasteiger partial charge is 0.435 e. The Labute approximate surface area is 165 Å². The summed E-state index contributed by atoms with van der Waals surface area (Å²) in [7, 11) is 0. The zero-order chi connectivity index (χ0) is 19.0. The molecule has 134 valence electrons. The average Bonchev–Trinajstić information content (AvgIpc) is 2.97. The van der Waals surface area contributed by atoms with Crippen LogP contribution in [-0.2, 0) is 16.1 Å². The van der Waals surface area contributed by atoms with E-state index in [9.17, 15) is 10.1 Å². The third-order valence-corrected chi connectivity index (χ3v) is 5.26. The molecule has 0 aliphatic carbocycles. The second-order valence-corrected chi connectivity index (χ2v) is 7.40. The standard InChI is InChI=1S/C21H16BrN3O2/c22-15-8-4-7-14(9-15)18-16(10-23)20(24)27-19-17(18)12-25(21(19)26)11-13-5-2-1-3-6-13/h1-9,18H,11-12,24H2. The first-order valence-corrected chi connectivity index (χ1v) is 9.27. The fourth-order valence-corrected chi connectivity index (χ4v) is 3.97. The summed E-state index contributed by atoms with van der Waals surface area (Å²) in [4.78, 5) is 14.6. The van der Waals surface area contributed by atoms with E-state index in [2.05, 4.69) is 22.0 Å². The zero-order valence-corrected chi connectivity index (χ0v) is 15.9. The molecule has 2 N–H and O–H groups in total. The van der Waals surface area contributed by atoms with Gasteiger partial charge in [0.1, 0.15) is 11.6 Å². The molecule has 1 amide bonds. The predicted octanol–water partition coefficient (Wildman–Crippen LogP) is 3.55. The van der Waals surface area contributed by atoms with Gasteiger partial charge in [0.15, 0.2) is 5.76 Å². The van der Waals surface area contributed by atoms with E-state index in [1.807, 2.05) is 54.6 Å². The summed E-state index contributed by atoms with van der Waals surface area (Å²) in [5.41, 5.74) is 9.03. The smallest absolute Gasteiger partial charge is 0.290 e. The first-order chi connectivity index (χ1) is 13.1. The van der Waals surface area contributed by atoms with E-state index in [0.29, 0.717) is 18.7 Å². The van der Waals surface area contributed by atoms with E-state index in [0.717, 1.165) is 21.2 Å². The predicted molar refractivity (Wildman–Crippen MR) is 104 cm³/mol. The Balaban J connectivity index is 1.72. The molecule has 2 aromatic carbocycles. The van der Waals surface area contributed by atoms with Gasteiger partial charge in [0.05, 0.1) is 5.92 Å². The van der Waals surface area contributed by atoms with Gasteiger partial charge in [-0.1, -0.05) is 58.4 Å². The number of allylic oxidation sites excluding steroid dienone is 1. The molecule has 0 aromatic heterocycles. The molecule has 2 heterocycles. The van der Waals surface area contributed by atoms with Crippen molar-refractivity contribution in [2.24, 2.45) is 5.73 Å². The first-order valence-electron chi connectivity index (χ1n) is 8.47. The van der Waals surface area contributed by atoms with Crippen molar-refractivity contribution < 1.29 is 9.53 Å². The molecule has 6 heteroatoms. The number of benzene rings is 2. The van der Waals surface area contributed by atoms with Gasteiger partial charge in [0.2, 0.25) is 5.88 Å². The maximum Gasteiger partial charge on any atom is 0.290 e. The second kappa shape index (κ2) is 6.93. The minimum Gasteiger partial charge on any atom is -0.435 e. The zero-order valence-electron chi connectivity index (χ0n) is 14.4. The monoisotopic (exact) mass is 421 g/mol. The Morgan fingerprint density at radius 3 is 2.70 bits per heavy atom. The third-order valence-electron chi connectivity index (χ3n) is 4.77. The van der Waals surface area contributed by atoms with Crippen LogP contribution in [0.2, 0.25) is 0 Å². The van der Waals surface area contributed by atoms with Gasteiger partial charge in [0, 0.05) is 23.1 Å². The number of ether oxygens (including phenoxy) is 1. The van der Waals surface area contributed by atoms with Gasteiger partial charge in [-0.15, -0.1) is 0 Å². The SMILES string of the molecule is N#CC1=C(N)OC2=C(CN(Cc3ccccc3)C2=O)C1c1cccc(Br)c1. The summed E-state index contributed by atoms with van der Waals surface area (Å²) in [5, 5.41) is 9.65. The van der Waals surface area contributed by atoms with Gasteiger partial charge in [0.25, 0.3) is 5.91 Å². The number of carbonyl (C=O) groups excluding carboxylic acids is 1. The number of amides is 1. The van der Waals surface area contributed by atoms with E-state index in [-0.39, 0.29) is 23.5 Å². The molecule has 5 nitrogen and oxygen atoms in total. The number of nitriles is 1. The molecule has 0 saturated carbocycles. The topological polar surface area (TPSA) is 79.4 Å². The van der Waals surface area contributed by atoms with Gasteiger partial charge in [-0.05, 0) is 23.3 Å². The number of nitrogens with zero attached hydrogens (tertiary/aromatic N) is 2. The summed E-state index contributed by atoms with van der Waals surface area (Å²) < 4.78 is 6.49. The molecule has 2 aromatic rings. The molecule has 4 rings (SSSR count). The Morgan fingerprint density at radius 1 is 1.22 bits per heavy atom. The molecule has 1 atom stereocenters. The van der Waals surface area contributed by atoms with Crippen LogP contribution in [0.3, 0.4) is 0 Å². The van der Waals surface area contributed by atoms with Crippen molar-refractivity contribution in [2.45, 2.75) is 12.5 Å². The van der Waals surface area contributed by atoms with E-state index in [1.54, 1.807) is 4.90 Å². The molecule has 1 unspecified atom stereocenters. The third kappa shape index (κ3) is 3.11. The van der Waals surface area contributed by atoms with Gasteiger partial charge in [-0.2, -0.15) is 5.26 Å². The molecule has 0 saturated heterocycles. The van der Waals surface area contributed by atoms with Crippen molar-refractivity contribution in [3.8, 4) is 6.07 Å². The molecule has 0 spiro atoms. The summed E-state index contributed by atoms with van der Waals surface area (Å²) >= 11 is 3.47. The van der Waals surface area contributed by atoms with Crippen LogP contribution in [0.5, 0.6) is 0 Å². The van der Waals surface area contributed by atoms with Crippen molar-refractivity contribution in [1.29, 1.82) is 5.26 Å². The Bertz CT molecular complexity index is 1020. The molecular weight excluding hydrogens is 406 g/mol. The average molecular weight is 422 g/mol. The van der Waals surface area contributed by atoms with Crippen LogP contribution in [0.15, 0.2) is 81.9 Å². The second-order valence-electron chi connectivity index (χ2n) is 6.48. The van der Waals surface area contributed by atoms with Crippen molar-refractivity contribution >= 4 is 21.8 Å². The normalized spacial score (nSPS) is 19.0. The summed E-state index contributed by atoms with van der Waals surface area (Å²) in [6, 6.07) is 19.6. The lowest BCUT2D eigenvalue weighted by molar-refractivity contribution is -0.128. The quantitative estimate of drug-likeness (QED) is 0.821. The van der Waals surface area contributed by atoms with Crippen LogP contribution in [-0.4, -0.2) is 17.4 Å². The molecule has 0 fully saturated rings. The minimum atomic E-state index is -0.388. The van der Waals surface area contributed by atoms with Crippen LogP contribution >= 0.6 is 15.9 Å². The van der Waals surface area contributed by atoms with Crippen LogP contribution in [0.1, 0.15) is 17.0 Å². The minimum absolute atomic E-state index is 0.00358. The molecular formula is C21H16BrN3O2. The van der Waals surface area contributed by atoms with E-state index in [4.69, 9.17) is 10.5 Å². The summed E-state index contributed by atoms with van der Waals surface area (Å²) in [6.45, 7) is 0.877. The lowest BCUT2D eigenvalue weighted by Crippen LogP contribution is -2.27. The number of rotatable bonds is 3. The first kappa shape index (κ1) is 17.4. The highest BCUT2D eigenvalue weighted by Crippen LogP contribution is 2.43. The number of nitrogens with two attached hydrogens (primary N) is 1. The van der Waals surface area contributed by atoms with Crippen LogP contribution in [0, 0.1) is 11.3 Å². The molecule has 0 bridgehead atoms. The van der Waals surface area contributed by atoms with Crippen molar-refractivity contribution in [3.05, 3.63) is 93.0 Å². The lowest BCUT2D eigenvalue weighted by Gasteiger charge is -2.24. The maximum atomic E-state index is 12.9. The van der Waals surface area contributed by atoms with Gasteiger partial charge in [-0.25, -0.2) is 0 Å². The summed E-state index contributed by atoms with van der Waals surface area (Å²) in [6.07, 6.45) is 0. The Hall–Kier alpha value is -3.04. The number of hydrogen-bond donors (Lipinski definition) is 1. The molecule has 2 aliphatic heterocycles. The van der Waals surface area contributed by atoms with Crippen molar-refractivity contribution in [2.75, 3.05) is 6.54 Å². The fourth-order valence-electron chi connectivity index (χ4n) is 3.55. The van der Waals surface area contributed by atoms with Crippen LogP contribution < -0.4 is 5.73 Å². The highest BCUT2D eigenvalue weighted by atomic mass is 79.9. The van der Waals surface area contributed by atoms with E-state index < -0.39 is 0 Å². The molecule has 2 aliphatic rings. The van der Waals surface area contributed by atoms with Crippen molar-refractivity contribution in [3.63, 3.8) is 0 Å². The highest BCUT2D eigenvalue weighted by molar-refractivity contribution is 9.10. The van der Waals surface area contributed by atoms with Crippen molar-refractivity contribution in [1.82, 2.24) is 4.90 Å². The van der Waals surface area contributed by atoms with Crippen LogP contribution in [0.25, 0.3) is 0 Å². The number of hydrogen-bond acceptors (Lipinski definition) is 4. The lowest BCUT2D eigenvalue weighted by atomic mass is 9.84. The van der Waals surface area contributed by atoms with Gasteiger partial charge < -0.3 is 15.4 Å². The molecule has 27 heavy (non-hydrogen) atoms. The van der Waals surface area contributed by atoms with Crippen LogP contribution in [0.4, 0.5) is 0 Å². The highest BCUT2D eigenvalue weighted by Gasteiger charge is 2.42. The maximum absolute atomic E-state index is 12.9. The van der Waals surface area contributed by atoms with E-state index >= 15 is 0 Å². The van der Waals surface area contributed by atoms with E-state index in [1.165, 1.54) is 0 Å². The Kier molecular flexibility index (Phi) is 4.46. The summed E-state index contributed by atoms with van der Waals surface area (Å²) in [5.74, 6) is -0.349. The Morgan fingerprint density at radius 2 is 2.00 bits per heavy atom. The number of carbonyl (C=O) groups is 1. The fraction of sp³-hybridized carbons (Fsp3) is 0.143. The van der Waals surface area contributed by atoms with Gasteiger partial charge >= 0.3 is 0 Å². The van der Waals surface area contributed by atoms with Gasteiger partial charge in [-0.3, -0.25) is 4.79 Å².